The van der Waals surface area contributed by atoms with Gasteiger partial charge in [-0.1, -0.05) is 18.2 Å². The molecule has 1 amide bonds. The SMILES string of the molecule is Cc1cccc(C(=O)O[C@H](C)C(=O)Nc2cccc(C#N)c2)c1C. The summed E-state index contributed by atoms with van der Waals surface area (Å²) >= 11 is 0. The van der Waals surface area contributed by atoms with Gasteiger partial charge in [0, 0.05) is 5.69 Å². The van der Waals surface area contributed by atoms with Crippen LogP contribution in [-0.4, -0.2) is 18.0 Å². The standard InChI is InChI=1S/C19H18N2O3/c1-12-6-4-9-17(13(12)2)19(23)24-14(3)18(22)21-16-8-5-7-15(10-16)11-20/h4-10,14H,1-3H3,(H,21,22)/t14-/m1/s1. The van der Waals surface area contributed by atoms with Crippen LogP contribution in [0.4, 0.5) is 5.69 Å². The van der Waals surface area contributed by atoms with Crippen LogP contribution >= 0.6 is 0 Å². The highest BCUT2D eigenvalue weighted by Gasteiger charge is 2.20. The minimum atomic E-state index is -0.955. The van der Waals surface area contributed by atoms with Gasteiger partial charge >= 0.3 is 5.97 Å². The van der Waals surface area contributed by atoms with E-state index in [1.165, 1.54) is 6.92 Å². The van der Waals surface area contributed by atoms with E-state index in [2.05, 4.69) is 5.32 Å². The van der Waals surface area contributed by atoms with E-state index in [0.717, 1.165) is 11.1 Å². The minimum Gasteiger partial charge on any atom is -0.449 e. The summed E-state index contributed by atoms with van der Waals surface area (Å²) < 4.78 is 5.25. The molecule has 0 saturated heterocycles. The highest BCUT2D eigenvalue weighted by atomic mass is 16.5. The van der Waals surface area contributed by atoms with E-state index < -0.39 is 18.0 Å². The number of amides is 1. The first-order valence-corrected chi connectivity index (χ1v) is 7.50. The third-order valence-corrected chi connectivity index (χ3v) is 3.74. The third kappa shape index (κ3) is 3.99. The van der Waals surface area contributed by atoms with Gasteiger partial charge in [-0.3, -0.25) is 4.79 Å². The van der Waals surface area contributed by atoms with Crippen molar-refractivity contribution in [3.63, 3.8) is 0 Å². The van der Waals surface area contributed by atoms with Gasteiger partial charge in [0.2, 0.25) is 0 Å². The number of esters is 1. The molecule has 5 nitrogen and oxygen atoms in total. The van der Waals surface area contributed by atoms with Crippen molar-refractivity contribution in [3.8, 4) is 6.07 Å². The summed E-state index contributed by atoms with van der Waals surface area (Å²) in [5.74, 6) is -0.992. The van der Waals surface area contributed by atoms with Gasteiger partial charge in [0.15, 0.2) is 6.10 Å². The maximum Gasteiger partial charge on any atom is 0.339 e. The topological polar surface area (TPSA) is 79.2 Å². The van der Waals surface area contributed by atoms with Crippen molar-refractivity contribution >= 4 is 17.6 Å². The zero-order valence-corrected chi connectivity index (χ0v) is 13.8. The van der Waals surface area contributed by atoms with Crippen molar-refractivity contribution < 1.29 is 14.3 Å². The zero-order valence-electron chi connectivity index (χ0n) is 13.8. The predicted octanol–water partition coefficient (Wildman–Crippen LogP) is 3.36. The van der Waals surface area contributed by atoms with Crippen LogP contribution in [-0.2, 0) is 9.53 Å². The van der Waals surface area contributed by atoms with E-state index in [1.807, 2.05) is 26.0 Å². The van der Waals surface area contributed by atoms with Crippen LogP contribution < -0.4 is 5.32 Å². The molecule has 1 atom stereocenters. The largest absolute Gasteiger partial charge is 0.449 e. The average Bonchev–Trinajstić information content (AvgIpc) is 2.57. The van der Waals surface area contributed by atoms with E-state index in [1.54, 1.807) is 36.4 Å². The summed E-state index contributed by atoms with van der Waals surface area (Å²) in [5.41, 5.74) is 3.18. The number of nitrogens with zero attached hydrogens (tertiary/aromatic N) is 1. The van der Waals surface area contributed by atoms with Crippen molar-refractivity contribution in [2.75, 3.05) is 5.32 Å². The Morgan fingerprint density at radius 1 is 1.17 bits per heavy atom. The molecule has 2 aromatic carbocycles. The Morgan fingerprint density at radius 3 is 2.58 bits per heavy atom. The van der Waals surface area contributed by atoms with Crippen molar-refractivity contribution in [2.45, 2.75) is 26.9 Å². The summed E-state index contributed by atoms with van der Waals surface area (Å²) in [6.45, 7) is 5.25. The third-order valence-electron chi connectivity index (χ3n) is 3.74. The molecule has 5 heteroatoms. The maximum atomic E-state index is 12.2. The number of carbonyl (C=O) groups is 2. The molecule has 2 rings (SSSR count). The first kappa shape index (κ1) is 17.2. The molecule has 24 heavy (non-hydrogen) atoms. The fraction of sp³-hybridized carbons (Fsp3) is 0.211. The first-order chi connectivity index (χ1) is 11.4. The van der Waals surface area contributed by atoms with Gasteiger partial charge < -0.3 is 10.1 Å². The number of hydrogen-bond donors (Lipinski definition) is 1. The smallest absolute Gasteiger partial charge is 0.339 e. The normalized spacial score (nSPS) is 11.2. The van der Waals surface area contributed by atoms with Crippen molar-refractivity contribution in [1.82, 2.24) is 0 Å². The molecule has 0 aliphatic carbocycles. The molecule has 0 fully saturated rings. The van der Waals surface area contributed by atoms with Gasteiger partial charge in [-0.2, -0.15) is 5.26 Å². The lowest BCUT2D eigenvalue weighted by atomic mass is 10.0. The molecule has 0 unspecified atom stereocenters. The van der Waals surface area contributed by atoms with Crippen LogP contribution in [0.15, 0.2) is 42.5 Å². The molecule has 0 spiro atoms. The molecule has 0 bridgehead atoms. The van der Waals surface area contributed by atoms with Gasteiger partial charge in [0.1, 0.15) is 0 Å². The summed E-state index contributed by atoms with van der Waals surface area (Å²) in [6, 6.07) is 13.9. The summed E-state index contributed by atoms with van der Waals surface area (Å²) in [6.07, 6.45) is -0.955. The number of benzene rings is 2. The predicted molar refractivity (Wildman–Crippen MR) is 90.6 cm³/mol. The second kappa shape index (κ2) is 7.42. The Balaban J connectivity index is 2.04. The Kier molecular flexibility index (Phi) is 5.33. The summed E-state index contributed by atoms with van der Waals surface area (Å²) in [7, 11) is 0. The fourth-order valence-electron chi connectivity index (χ4n) is 2.16. The molecule has 0 aliphatic heterocycles. The van der Waals surface area contributed by atoms with E-state index >= 15 is 0 Å². The molecule has 0 aliphatic rings. The van der Waals surface area contributed by atoms with Crippen LogP contribution in [0.2, 0.25) is 0 Å². The molecule has 2 aromatic rings. The number of nitriles is 1. The van der Waals surface area contributed by atoms with E-state index in [9.17, 15) is 9.59 Å². The van der Waals surface area contributed by atoms with Crippen LogP contribution in [0.3, 0.4) is 0 Å². The molecule has 122 valence electrons. The van der Waals surface area contributed by atoms with Crippen LogP contribution in [0, 0.1) is 25.2 Å². The van der Waals surface area contributed by atoms with Gasteiger partial charge in [-0.05, 0) is 56.2 Å². The quantitative estimate of drug-likeness (QED) is 0.875. The lowest BCUT2D eigenvalue weighted by Crippen LogP contribution is -2.30. The first-order valence-electron chi connectivity index (χ1n) is 7.50. The second-order valence-corrected chi connectivity index (χ2v) is 5.48. The van der Waals surface area contributed by atoms with Crippen molar-refractivity contribution in [2.24, 2.45) is 0 Å². The number of rotatable bonds is 4. The minimum absolute atomic E-state index is 0.438. The fourth-order valence-corrected chi connectivity index (χ4v) is 2.16. The Morgan fingerprint density at radius 2 is 1.88 bits per heavy atom. The molecular weight excluding hydrogens is 304 g/mol. The number of ether oxygens (including phenoxy) is 1. The Bertz CT molecular complexity index is 822. The molecular formula is C19H18N2O3. The summed E-state index contributed by atoms with van der Waals surface area (Å²) in [4.78, 5) is 24.4. The average molecular weight is 322 g/mol. The molecule has 0 saturated carbocycles. The molecule has 1 N–H and O–H groups in total. The van der Waals surface area contributed by atoms with Crippen LogP contribution in [0.1, 0.15) is 34.0 Å². The molecule has 0 radical (unpaired) electrons. The van der Waals surface area contributed by atoms with Crippen molar-refractivity contribution in [1.29, 1.82) is 5.26 Å². The number of hydrogen-bond acceptors (Lipinski definition) is 4. The van der Waals surface area contributed by atoms with E-state index in [-0.39, 0.29) is 0 Å². The van der Waals surface area contributed by atoms with Crippen molar-refractivity contribution in [3.05, 3.63) is 64.7 Å². The Hall–Kier alpha value is -3.13. The maximum absolute atomic E-state index is 12.2. The summed E-state index contributed by atoms with van der Waals surface area (Å²) in [5, 5.41) is 11.5. The van der Waals surface area contributed by atoms with Gasteiger partial charge in [-0.25, -0.2) is 4.79 Å². The van der Waals surface area contributed by atoms with E-state index in [0.29, 0.717) is 16.8 Å². The van der Waals surface area contributed by atoms with Gasteiger partial charge in [-0.15, -0.1) is 0 Å². The number of anilines is 1. The lowest BCUT2D eigenvalue weighted by Gasteiger charge is -2.15. The van der Waals surface area contributed by atoms with Gasteiger partial charge in [0.05, 0.1) is 17.2 Å². The number of nitrogens with one attached hydrogen (secondary N) is 1. The molecule has 0 aromatic heterocycles. The Labute approximate surface area is 140 Å². The lowest BCUT2D eigenvalue weighted by molar-refractivity contribution is -0.123. The highest BCUT2D eigenvalue weighted by Crippen LogP contribution is 2.15. The van der Waals surface area contributed by atoms with Crippen LogP contribution in [0.25, 0.3) is 0 Å². The number of aryl methyl sites for hydroxylation is 1. The number of carbonyl (C=O) groups excluding carboxylic acids is 2. The zero-order chi connectivity index (χ0) is 17.7. The molecule has 0 heterocycles. The van der Waals surface area contributed by atoms with Gasteiger partial charge in [0.25, 0.3) is 5.91 Å². The highest BCUT2D eigenvalue weighted by molar-refractivity contribution is 5.98. The van der Waals surface area contributed by atoms with E-state index in [4.69, 9.17) is 10.00 Å². The van der Waals surface area contributed by atoms with Crippen LogP contribution in [0.5, 0.6) is 0 Å². The monoisotopic (exact) mass is 322 g/mol. The second-order valence-electron chi connectivity index (χ2n) is 5.48.